The van der Waals surface area contributed by atoms with Gasteiger partial charge in [0.05, 0.1) is 0 Å². The van der Waals surface area contributed by atoms with Crippen molar-refractivity contribution in [2.24, 2.45) is 0 Å². The van der Waals surface area contributed by atoms with Gasteiger partial charge in [-0.05, 0) is 52.4 Å². The van der Waals surface area contributed by atoms with E-state index >= 15 is 0 Å². The molecule has 1 aliphatic rings. The topological polar surface area (TPSA) is 98.5 Å². The number of amides is 1. The summed E-state index contributed by atoms with van der Waals surface area (Å²) in [7, 11) is -4.91. The number of anilines is 1. The molecule has 3 N–H and O–H groups in total. The van der Waals surface area contributed by atoms with Crippen LogP contribution in [0.1, 0.15) is 28.2 Å². The molecule has 0 spiro atoms. The van der Waals surface area contributed by atoms with Crippen LogP contribution in [0.15, 0.2) is 65.6 Å². The zero-order valence-corrected chi connectivity index (χ0v) is 17.6. The number of nitrogen functional groups attached to an aromatic ring is 1. The maximum atomic E-state index is 13.4. The lowest BCUT2D eigenvalue weighted by molar-refractivity contribution is 0.142. The van der Waals surface area contributed by atoms with Crippen molar-refractivity contribution in [3.05, 3.63) is 82.9 Å². The maximum absolute atomic E-state index is 13.4. The van der Waals surface area contributed by atoms with Gasteiger partial charge in [-0.15, -0.1) is 3.89 Å². The standard InChI is InChI=1S/C23H21FN2O4S/c1-14-15(10-16(11-22(14)25)31(24,28)29)12-26-23(27)30-13-21-19-8-4-2-6-17(19)18-7-3-5-9-20(18)21/h2-11,21H,12-13,25H2,1H3,(H,26,27). The number of carbonyl (C=O) groups excluding carboxylic acids is 1. The summed E-state index contributed by atoms with van der Waals surface area (Å²) in [4.78, 5) is 11.8. The van der Waals surface area contributed by atoms with Crippen LogP contribution >= 0.6 is 0 Å². The average molecular weight is 440 g/mol. The number of nitrogens with two attached hydrogens (primary N) is 1. The number of fused-ring (bicyclic) bond motifs is 3. The summed E-state index contributed by atoms with van der Waals surface area (Å²) in [6.45, 7) is 1.77. The predicted molar refractivity (Wildman–Crippen MR) is 116 cm³/mol. The second-order valence-electron chi connectivity index (χ2n) is 7.41. The summed E-state index contributed by atoms with van der Waals surface area (Å²) < 4.78 is 41.2. The van der Waals surface area contributed by atoms with E-state index in [1.807, 2.05) is 48.5 Å². The largest absolute Gasteiger partial charge is 0.449 e. The summed E-state index contributed by atoms with van der Waals surface area (Å²) in [6, 6.07) is 18.2. The Kier molecular flexibility index (Phi) is 5.41. The molecule has 1 aliphatic carbocycles. The van der Waals surface area contributed by atoms with Crippen molar-refractivity contribution in [2.75, 3.05) is 12.3 Å². The highest BCUT2D eigenvalue weighted by molar-refractivity contribution is 7.86. The Morgan fingerprint density at radius 1 is 1.06 bits per heavy atom. The van der Waals surface area contributed by atoms with Crippen molar-refractivity contribution in [3.8, 4) is 11.1 Å². The quantitative estimate of drug-likeness (QED) is 0.456. The van der Waals surface area contributed by atoms with Crippen LogP contribution < -0.4 is 11.1 Å². The molecule has 160 valence electrons. The molecule has 0 aromatic heterocycles. The van der Waals surface area contributed by atoms with Crippen molar-refractivity contribution in [2.45, 2.75) is 24.3 Å². The first-order chi connectivity index (χ1) is 14.8. The van der Waals surface area contributed by atoms with E-state index in [0.717, 1.165) is 34.4 Å². The molecule has 0 saturated heterocycles. The van der Waals surface area contributed by atoms with Crippen molar-refractivity contribution in [3.63, 3.8) is 0 Å². The maximum Gasteiger partial charge on any atom is 0.407 e. The minimum atomic E-state index is -4.91. The summed E-state index contributed by atoms with van der Waals surface area (Å²) in [5, 5.41) is 2.58. The third-order valence-corrected chi connectivity index (χ3v) is 6.38. The van der Waals surface area contributed by atoms with Crippen LogP contribution in [0.25, 0.3) is 11.1 Å². The monoisotopic (exact) mass is 440 g/mol. The minimum Gasteiger partial charge on any atom is -0.449 e. The number of alkyl carbamates (subject to hydrolysis) is 1. The minimum absolute atomic E-state index is 0.0456. The van der Waals surface area contributed by atoms with Gasteiger partial charge in [0.25, 0.3) is 0 Å². The van der Waals surface area contributed by atoms with Crippen LogP contribution in [-0.2, 0) is 21.5 Å². The average Bonchev–Trinajstić information content (AvgIpc) is 3.06. The summed E-state index contributed by atoms with van der Waals surface area (Å²) in [5.74, 6) is -0.0736. The molecule has 0 aliphatic heterocycles. The molecule has 31 heavy (non-hydrogen) atoms. The van der Waals surface area contributed by atoms with E-state index < -0.39 is 21.2 Å². The zero-order chi connectivity index (χ0) is 22.2. The van der Waals surface area contributed by atoms with Gasteiger partial charge in [0, 0.05) is 18.2 Å². The Labute approximate surface area is 180 Å². The highest BCUT2D eigenvalue weighted by atomic mass is 32.3. The lowest BCUT2D eigenvalue weighted by Gasteiger charge is -2.15. The van der Waals surface area contributed by atoms with E-state index in [1.165, 1.54) is 0 Å². The molecule has 1 amide bonds. The molecular weight excluding hydrogens is 419 g/mol. The fraction of sp³-hybridized carbons (Fsp3) is 0.174. The van der Waals surface area contributed by atoms with Crippen molar-refractivity contribution in [1.29, 1.82) is 0 Å². The van der Waals surface area contributed by atoms with Crippen LogP contribution in [0.3, 0.4) is 0 Å². The number of ether oxygens (including phenoxy) is 1. The number of rotatable bonds is 5. The van der Waals surface area contributed by atoms with Gasteiger partial charge >= 0.3 is 16.3 Å². The lowest BCUT2D eigenvalue weighted by atomic mass is 9.98. The number of nitrogens with one attached hydrogen (secondary N) is 1. The van der Waals surface area contributed by atoms with Crippen molar-refractivity contribution in [1.82, 2.24) is 5.32 Å². The van der Waals surface area contributed by atoms with Gasteiger partial charge in [-0.1, -0.05) is 48.5 Å². The molecular formula is C23H21FN2O4S. The van der Waals surface area contributed by atoms with Gasteiger partial charge in [-0.25, -0.2) is 4.79 Å². The van der Waals surface area contributed by atoms with Crippen LogP contribution in [0.5, 0.6) is 0 Å². The molecule has 4 rings (SSSR count). The summed E-state index contributed by atoms with van der Waals surface area (Å²) in [6.07, 6.45) is -0.659. The van der Waals surface area contributed by atoms with Gasteiger partial charge in [0.15, 0.2) is 0 Å². The first-order valence-electron chi connectivity index (χ1n) is 9.68. The Morgan fingerprint density at radius 3 is 2.23 bits per heavy atom. The van der Waals surface area contributed by atoms with Crippen LogP contribution in [0.2, 0.25) is 0 Å². The molecule has 8 heteroatoms. The molecule has 0 radical (unpaired) electrons. The van der Waals surface area contributed by atoms with Crippen molar-refractivity contribution < 1.29 is 21.8 Å². The zero-order valence-electron chi connectivity index (χ0n) is 16.8. The lowest BCUT2D eigenvalue weighted by Crippen LogP contribution is -2.26. The second kappa shape index (κ2) is 8.03. The SMILES string of the molecule is Cc1c(N)cc(S(=O)(=O)F)cc1CNC(=O)OCC1c2ccccc2-c2ccccc21. The van der Waals surface area contributed by atoms with E-state index in [4.69, 9.17) is 10.5 Å². The van der Waals surface area contributed by atoms with E-state index in [2.05, 4.69) is 5.32 Å². The number of carbonyl (C=O) groups is 1. The Bertz CT molecular complexity index is 1230. The Hall–Kier alpha value is -3.39. The Morgan fingerprint density at radius 2 is 1.65 bits per heavy atom. The molecule has 0 bridgehead atoms. The second-order valence-corrected chi connectivity index (χ2v) is 8.76. The first kappa shape index (κ1) is 20.9. The van der Waals surface area contributed by atoms with E-state index in [9.17, 15) is 17.1 Å². The number of benzene rings is 3. The number of hydrogen-bond donors (Lipinski definition) is 2. The predicted octanol–water partition coefficient (Wildman–Crippen LogP) is 4.27. The fourth-order valence-electron chi connectivity index (χ4n) is 3.91. The molecule has 0 fully saturated rings. The van der Waals surface area contributed by atoms with E-state index in [-0.39, 0.29) is 24.8 Å². The normalized spacial score (nSPS) is 12.8. The smallest absolute Gasteiger partial charge is 0.407 e. The fourth-order valence-corrected chi connectivity index (χ4v) is 4.46. The Balaban J connectivity index is 1.45. The van der Waals surface area contributed by atoms with Crippen LogP contribution in [0.4, 0.5) is 14.4 Å². The third kappa shape index (κ3) is 4.11. The molecule has 6 nitrogen and oxygen atoms in total. The molecule has 0 atom stereocenters. The summed E-state index contributed by atoms with van der Waals surface area (Å²) in [5.41, 5.74) is 11.3. The first-order valence-corrected chi connectivity index (χ1v) is 11.1. The van der Waals surface area contributed by atoms with Gasteiger partial charge in [0.2, 0.25) is 0 Å². The number of halogens is 1. The molecule has 0 saturated carbocycles. The van der Waals surface area contributed by atoms with Crippen LogP contribution in [0, 0.1) is 6.92 Å². The van der Waals surface area contributed by atoms with Gasteiger partial charge < -0.3 is 15.8 Å². The number of hydrogen-bond acceptors (Lipinski definition) is 5. The summed E-state index contributed by atoms with van der Waals surface area (Å²) >= 11 is 0. The van der Waals surface area contributed by atoms with Gasteiger partial charge in [-0.2, -0.15) is 8.42 Å². The highest BCUT2D eigenvalue weighted by Crippen LogP contribution is 2.44. The van der Waals surface area contributed by atoms with Crippen molar-refractivity contribution >= 4 is 22.0 Å². The molecule has 3 aromatic rings. The highest BCUT2D eigenvalue weighted by Gasteiger charge is 2.29. The van der Waals surface area contributed by atoms with Crippen LogP contribution in [-0.4, -0.2) is 21.1 Å². The molecule has 0 heterocycles. The van der Waals surface area contributed by atoms with E-state index in [0.29, 0.717) is 11.1 Å². The molecule has 3 aromatic carbocycles. The van der Waals surface area contributed by atoms with Gasteiger partial charge in [-0.3, -0.25) is 0 Å². The van der Waals surface area contributed by atoms with Gasteiger partial charge in [0.1, 0.15) is 11.5 Å². The molecule has 0 unspecified atom stereocenters. The third-order valence-electron chi connectivity index (χ3n) is 5.58. The van der Waals surface area contributed by atoms with E-state index in [1.54, 1.807) is 6.92 Å².